The molecule has 8 nitrogen and oxygen atoms in total. The van der Waals surface area contributed by atoms with E-state index in [0.29, 0.717) is 31.8 Å². The van der Waals surface area contributed by atoms with Crippen LogP contribution in [0.2, 0.25) is 0 Å². The molecule has 1 unspecified atom stereocenters. The molecule has 0 saturated carbocycles. The second kappa shape index (κ2) is 9.45. The fourth-order valence-electron chi connectivity index (χ4n) is 2.99. The Morgan fingerprint density at radius 3 is 2.44 bits per heavy atom. The van der Waals surface area contributed by atoms with E-state index in [1.807, 2.05) is 11.8 Å². The van der Waals surface area contributed by atoms with Gasteiger partial charge < -0.3 is 10.6 Å². The van der Waals surface area contributed by atoms with E-state index in [2.05, 4.69) is 24.5 Å². The number of likely N-dealkylation sites (tertiary alicyclic amines) is 1. The molecule has 1 aliphatic rings. The van der Waals surface area contributed by atoms with Crippen molar-refractivity contribution in [2.24, 2.45) is 11.8 Å². The van der Waals surface area contributed by atoms with E-state index < -0.39 is 4.92 Å². The molecular weight excluding hydrogens is 348 g/mol. The van der Waals surface area contributed by atoms with Crippen molar-refractivity contribution in [2.45, 2.75) is 39.7 Å². The van der Waals surface area contributed by atoms with Gasteiger partial charge in [0.15, 0.2) is 0 Å². The van der Waals surface area contributed by atoms with Crippen LogP contribution in [0, 0.1) is 22.0 Å². The topological polar surface area (TPSA) is 105 Å². The van der Waals surface area contributed by atoms with Gasteiger partial charge >= 0.3 is 0 Å². The number of benzene rings is 1. The van der Waals surface area contributed by atoms with E-state index in [-0.39, 0.29) is 41.7 Å². The minimum atomic E-state index is -0.516. The minimum absolute atomic E-state index is 0.0271. The fourth-order valence-corrected chi connectivity index (χ4v) is 2.99. The first kappa shape index (κ1) is 20.8. The summed E-state index contributed by atoms with van der Waals surface area (Å²) in [5, 5.41) is 16.7. The van der Waals surface area contributed by atoms with Gasteiger partial charge in [0.2, 0.25) is 11.8 Å². The molecule has 0 bridgehead atoms. The normalized spacial score (nSPS) is 16.7. The third-order valence-corrected chi connectivity index (χ3v) is 5.07. The standard InChI is InChI=1S/C19H28N4O4/c1-13(2)14(3)20-19(25)15-8-10-22(11-9-15)12-18(24)21-16-6-4-5-7-17(16)23(26)27/h4-7,13-15H,8-12H2,1-3H3,(H,20,25)(H,21,24). The van der Waals surface area contributed by atoms with Gasteiger partial charge in [-0.1, -0.05) is 26.0 Å². The van der Waals surface area contributed by atoms with Crippen LogP contribution >= 0.6 is 0 Å². The molecule has 1 aromatic carbocycles. The van der Waals surface area contributed by atoms with Crippen LogP contribution in [0.4, 0.5) is 11.4 Å². The second-order valence-electron chi connectivity index (χ2n) is 7.41. The third kappa shape index (κ3) is 6.02. The van der Waals surface area contributed by atoms with Crippen molar-refractivity contribution < 1.29 is 14.5 Å². The maximum Gasteiger partial charge on any atom is 0.292 e. The summed E-state index contributed by atoms with van der Waals surface area (Å²) in [7, 11) is 0. The van der Waals surface area contributed by atoms with Gasteiger partial charge in [0.1, 0.15) is 5.69 Å². The van der Waals surface area contributed by atoms with E-state index in [1.165, 1.54) is 12.1 Å². The first-order chi connectivity index (χ1) is 12.8. The van der Waals surface area contributed by atoms with Crippen molar-refractivity contribution in [1.29, 1.82) is 0 Å². The third-order valence-electron chi connectivity index (χ3n) is 5.07. The summed E-state index contributed by atoms with van der Waals surface area (Å²) < 4.78 is 0. The second-order valence-corrected chi connectivity index (χ2v) is 7.41. The number of hydrogen-bond donors (Lipinski definition) is 2. The SMILES string of the molecule is CC(C)C(C)NC(=O)C1CCN(CC(=O)Nc2ccccc2[N+](=O)[O-])CC1. The predicted octanol–water partition coefficient (Wildman–Crippen LogP) is 2.41. The number of nitro groups is 1. The van der Waals surface area contributed by atoms with Gasteiger partial charge in [-0.2, -0.15) is 0 Å². The van der Waals surface area contributed by atoms with Crippen LogP contribution in [0.3, 0.4) is 0 Å². The summed E-state index contributed by atoms with van der Waals surface area (Å²) in [5.41, 5.74) is 0.0740. The van der Waals surface area contributed by atoms with Crippen molar-refractivity contribution in [1.82, 2.24) is 10.2 Å². The quantitative estimate of drug-likeness (QED) is 0.562. The maximum atomic E-state index is 12.3. The number of carbonyl (C=O) groups excluding carboxylic acids is 2. The van der Waals surface area contributed by atoms with Crippen molar-refractivity contribution in [3.05, 3.63) is 34.4 Å². The van der Waals surface area contributed by atoms with Crippen LogP contribution in [0.5, 0.6) is 0 Å². The summed E-state index contributed by atoms with van der Waals surface area (Å²) in [5.74, 6) is 0.154. The summed E-state index contributed by atoms with van der Waals surface area (Å²) in [6, 6.07) is 6.22. The van der Waals surface area contributed by atoms with Crippen molar-refractivity contribution >= 4 is 23.2 Å². The molecule has 1 atom stereocenters. The number of anilines is 1. The van der Waals surface area contributed by atoms with Crippen LogP contribution in [-0.4, -0.2) is 47.3 Å². The molecule has 1 heterocycles. The molecule has 0 spiro atoms. The summed E-state index contributed by atoms with van der Waals surface area (Å²) in [4.78, 5) is 37.0. The molecule has 1 fully saturated rings. The lowest BCUT2D eigenvalue weighted by Crippen LogP contribution is -2.45. The molecule has 1 saturated heterocycles. The van der Waals surface area contributed by atoms with Crippen LogP contribution in [0.1, 0.15) is 33.6 Å². The van der Waals surface area contributed by atoms with E-state index in [4.69, 9.17) is 0 Å². The molecule has 0 aromatic heterocycles. The Hall–Kier alpha value is -2.48. The lowest BCUT2D eigenvalue weighted by atomic mass is 9.95. The number of rotatable bonds is 7. The molecule has 2 N–H and O–H groups in total. The summed E-state index contributed by atoms with van der Waals surface area (Å²) >= 11 is 0. The van der Waals surface area contributed by atoms with Crippen molar-refractivity contribution in [3.63, 3.8) is 0 Å². The Labute approximate surface area is 159 Å². The average molecular weight is 376 g/mol. The van der Waals surface area contributed by atoms with Crippen LogP contribution in [0.25, 0.3) is 0 Å². The highest BCUT2D eigenvalue weighted by Crippen LogP contribution is 2.23. The molecule has 1 aromatic rings. The smallest absolute Gasteiger partial charge is 0.292 e. The van der Waals surface area contributed by atoms with Crippen LogP contribution in [-0.2, 0) is 9.59 Å². The van der Waals surface area contributed by atoms with Gasteiger partial charge in [0, 0.05) is 18.0 Å². The van der Waals surface area contributed by atoms with E-state index >= 15 is 0 Å². The monoisotopic (exact) mass is 376 g/mol. The van der Waals surface area contributed by atoms with Gasteiger partial charge in [-0.05, 0) is 44.8 Å². The Morgan fingerprint density at radius 1 is 1.22 bits per heavy atom. The first-order valence-electron chi connectivity index (χ1n) is 9.34. The van der Waals surface area contributed by atoms with Crippen LogP contribution in [0.15, 0.2) is 24.3 Å². The number of piperidine rings is 1. The highest BCUT2D eigenvalue weighted by atomic mass is 16.6. The Balaban J connectivity index is 1.81. The van der Waals surface area contributed by atoms with Gasteiger partial charge in [-0.3, -0.25) is 24.6 Å². The van der Waals surface area contributed by atoms with Gasteiger partial charge in [0.25, 0.3) is 5.69 Å². The molecule has 27 heavy (non-hydrogen) atoms. The number of para-hydroxylation sites is 2. The molecule has 148 valence electrons. The van der Waals surface area contributed by atoms with Gasteiger partial charge in [0.05, 0.1) is 11.5 Å². The van der Waals surface area contributed by atoms with Gasteiger partial charge in [-0.15, -0.1) is 0 Å². The van der Waals surface area contributed by atoms with E-state index in [1.54, 1.807) is 12.1 Å². The molecule has 2 rings (SSSR count). The number of carbonyl (C=O) groups is 2. The molecule has 2 amide bonds. The lowest BCUT2D eigenvalue weighted by Gasteiger charge is -2.31. The Bertz CT molecular complexity index is 684. The van der Waals surface area contributed by atoms with E-state index in [0.717, 1.165) is 0 Å². The fraction of sp³-hybridized carbons (Fsp3) is 0.579. The number of hydrogen-bond acceptors (Lipinski definition) is 5. The van der Waals surface area contributed by atoms with Crippen molar-refractivity contribution in [3.8, 4) is 0 Å². The highest BCUT2D eigenvalue weighted by molar-refractivity contribution is 5.94. The summed E-state index contributed by atoms with van der Waals surface area (Å²) in [6.45, 7) is 7.61. The maximum absolute atomic E-state index is 12.3. The number of amides is 2. The zero-order valence-corrected chi connectivity index (χ0v) is 16.1. The number of nitrogens with one attached hydrogen (secondary N) is 2. The van der Waals surface area contributed by atoms with E-state index in [9.17, 15) is 19.7 Å². The molecule has 0 aliphatic carbocycles. The summed E-state index contributed by atoms with van der Waals surface area (Å²) in [6.07, 6.45) is 1.41. The molecule has 1 aliphatic heterocycles. The number of nitro benzene ring substituents is 1. The number of nitrogens with zero attached hydrogens (tertiary/aromatic N) is 2. The van der Waals surface area contributed by atoms with Gasteiger partial charge in [-0.25, -0.2) is 0 Å². The van der Waals surface area contributed by atoms with Crippen molar-refractivity contribution in [2.75, 3.05) is 25.0 Å². The highest BCUT2D eigenvalue weighted by Gasteiger charge is 2.27. The largest absolute Gasteiger partial charge is 0.353 e. The molecule has 8 heteroatoms. The lowest BCUT2D eigenvalue weighted by molar-refractivity contribution is -0.383. The Kier molecular flexibility index (Phi) is 7.29. The molecule has 0 radical (unpaired) electrons. The molecular formula is C19H28N4O4. The zero-order chi connectivity index (χ0) is 20.0. The van der Waals surface area contributed by atoms with Crippen LogP contribution < -0.4 is 10.6 Å². The first-order valence-corrected chi connectivity index (χ1v) is 9.34. The zero-order valence-electron chi connectivity index (χ0n) is 16.1. The predicted molar refractivity (Wildman–Crippen MR) is 103 cm³/mol. The Morgan fingerprint density at radius 2 is 1.85 bits per heavy atom. The average Bonchev–Trinajstić information content (AvgIpc) is 2.62. The minimum Gasteiger partial charge on any atom is -0.353 e.